The van der Waals surface area contributed by atoms with Gasteiger partial charge in [0.15, 0.2) is 0 Å². The quantitative estimate of drug-likeness (QED) is 0.0329. The maximum absolute atomic E-state index is 13.5. The molecule has 11 amide bonds. The standard InChI is InChI=1S/C70H115N11O18S3/c82-59(16-4-1-13-56-63-53(47-100-56)46-62(85)79-63)71-19-7-25-91-31-37-97-40-34-94-28-10-22-74-66(86)50-43-51(67(87)75-23-11-29-95-35-41-98-38-32-92-26-8-20-72-60(83)17-5-2-14-57-64-54(48-101-57)77-69(89)80-64)45-52(44-50)68(88)76-24-12-30-96-36-42-99-39-33-93-27-9-21-73-61(84)18-6-3-15-58-65-55(49-102-58)78-70(90)81-65/h43-45,53-58,63-65H,1-42,46-49H2,(H,71,82)(H,72,83)(H,73,84)(H,74,86)(H,75,87)(H,76,88)(H,79,85)(H2,77,80,89)(H2,78,81,90). The smallest absolute Gasteiger partial charge is 0.315 e. The molecule has 6 fully saturated rings. The van der Waals surface area contributed by atoms with E-state index in [0.29, 0.717) is 230 Å². The lowest BCUT2D eigenvalue weighted by Crippen LogP contribution is -2.36. The molecule has 6 saturated heterocycles. The van der Waals surface area contributed by atoms with E-state index in [9.17, 15) is 43.2 Å². The molecule has 1 aromatic carbocycles. The van der Waals surface area contributed by atoms with Crippen LogP contribution in [0.15, 0.2) is 18.2 Å². The van der Waals surface area contributed by atoms with Gasteiger partial charge in [0.2, 0.25) is 23.6 Å². The van der Waals surface area contributed by atoms with E-state index in [4.69, 9.17) is 42.6 Å². The summed E-state index contributed by atoms with van der Waals surface area (Å²) in [5.41, 5.74) is 0.449. The van der Waals surface area contributed by atoms with Crippen molar-refractivity contribution in [2.45, 2.75) is 168 Å². The number of unbranched alkanes of at least 4 members (excludes halogenated alkanes) is 3. The average molecular weight is 1490 g/mol. The van der Waals surface area contributed by atoms with Crippen LogP contribution in [0.4, 0.5) is 9.59 Å². The van der Waals surface area contributed by atoms with Gasteiger partial charge in [-0.2, -0.15) is 35.3 Å². The molecule has 0 radical (unpaired) electrons. The number of hydrogen-bond donors (Lipinski definition) is 11. The van der Waals surface area contributed by atoms with Gasteiger partial charge in [-0.1, -0.05) is 19.3 Å². The molecular formula is C70H115N11O18S3. The van der Waals surface area contributed by atoms with Crippen molar-refractivity contribution < 1.29 is 85.8 Å². The van der Waals surface area contributed by atoms with Gasteiger partial charge in [-0.15, -0.1) is 0 Å². The molecule has 0 bridgehead atoms. The van der Waals surface area contributed by atoms with E-state index in [1.165, 1.54) is 18.2 Å². The summed E-state index contributed by atoms with van der Waals surface area (Å²) < 4.78 is 50.9. The van der Waals surface area contributed by atoms with Crippen molar-refractivity contribution in [2.24, 2.45) is 5.92 Å². The number of carbonyl (C=O) groups is 9. The van der Waals surface area contributed by atoms with Crippen LogP contribution in [0.2, 0.25) is 0 Å². The predicted octanol–water partition coefficient (Wildman–Crippen LogP) is 3.35. The van der Waals surface area contributed by atoms with Crippen molar-refractivity contribution in [1.82, 2.24) is 58.5 Å². The Hall–Kier alpha value is -5.26. The zero-order valence-corrected chi connectivity index (χ0v) is 62.0. The van der Waals surface area contributed by atoms with E-state index in [2.05, 4.69) is 58.5 Å². The number of hydrogen-bond acceptors (Lipinski definition) is 21. The van der Waals surface area contributed by atoms with Crippen molar-refractivity contribution in [3.05, 3.63) is 34.9 Å². The molecule has 1 aromatic rings. The number of thioether (sulfide) groups is 3. The van der Waals surface area contributed by atoms with Gasteiger partial charge in [0.25, 0.3) is 17.7 Å². The fourth-order valence-electron chi connectivity index (χ4n) is 12.6. The van der Waals surface area contributed by atoms with Gasteiger partial charge in [0, 0.05) is 155 Å². The molecule has 9 atom stereocenters. The molecule has 9 unspecified atom stereocenters. The van der Waals surface area contributed by atoms with Crippen LogP contribution in [0.5, 0.6) is 0 Å². The predicted molar refractivity (Wildman–Crippen MR) is 390 cm³/mol. The van der Waals surface area contributed by atoms with Gasteiger partial charge < -0.3 is 101 Å². The Morgan fingerprint density at radius 3 is 0.941 bits per heavy atom. The molecular weight excluding hydrogens is 1380 g/mol. The summed E-state index contributed by atoms with van der Waals surface area (Å²) in [6.45, 7) is 9.75. The second kappa shape index (κ2) is 51.1. The van der Waals surface area contributed by atoms with Gasteiger partial charge in [-0.25, -0.2) is 9.59 Å². The van der Waals surface area contributed by atoms with Crippen molar-refractivity contribution >= 4 is 88.7 Å². The van der Waals surface area contributed by atoms with Gasteiger partial charge in [-0.3, -0.25) is 33.6 Å². The zero-order valence-electron chi connectivity index (χ0n) is 59.5. The minimum absolute atomic E-state index is 0.0371. The molecule has 29 nitrogen and oxygen atoms in total. The summed E-state index contributed by atoms with van der Waals surface area (Å²) in [7, 11) is 0. The molecule has 0 aliphatic carbocycles. The van der Waals surface area contributed by atoms with E-state index < -0.39 is 17.7 Å². The van der Waals surface area contributed by atoms with Gasteiger partial charge in [-0.05, 0) is 107 Å². The van der Waals surface area contributed by atoms with Crippen LogP contribution in [0.25, 0.3) is 0 Å². The summed E-state index contributed by atoms with van der Waals surface area (Å²) in [5, 5.41) is 33.8. The molecule has 0 aromatic heterocycles. The third-order valence-electron chi connectivity index (χ3n) is 18.1. The number of ether oxygens (including phenoxy) is 9. The van der Waals surface area contributed by atoms with Gasteiger partial charge in [0.1, 0.15) is 0 Å². The largest absolute Gasteiger partial charge is 0.379 e. The van der Waals surface area contributed by atoms with E-state index in [0.717, 1.165) is 75.0 Å². The van der Waals surface area contributed by atoms with E-state index >= 15 is 0 Å². The fourth-order valence-corrected chi connectivity index (χ4v) is 17.4. The lowest BCUT2D eigenvalue weighted by atomic mass is 9.97. The first-order valence-electron chi connectivity index (χ1n) is 37.2. The topological polar surface area (TPSA) is 369 Å². The van der Waals surface area contributed by atoms with Crippen LogP contribution >= 0.6 is 35.3 Å². The van der Waals surface area contributed by atoms with Crippen molar-refractivity contribution in [3.63, 3.8) is 0 Å². The molecule has 6 aliphatic heterocycles. The van der Waals surface area contributed by atoms with Crippen molar-refractivity contribution in [1.29, 1.82) is 0 Å². The van der Waals surface area contributed by atoms with Crippen LogP contribution in [-0.2, 0) is 61.8 Å². The highest BCUT2D eigenvalue weighted by molar-refractivity contribution is 8.00. The third-order valence-corrected chi connectivity index (χ3v) is 22.7. The summed E-state index contributed by atoms with van der Waals surface area (Å²) >= 11 is 5.72. The Kier molecular flexibility index (Phi) is 42.0. The Labute approximate surface area is 614 Å². The van der Waals surface area contributed by atoms with Crippen LogP contribution in [0, 0.1) is 5.92 Å². The first-order chi connectivity index (χ1) is 49.9. The van der Waals surface area contributed by atoms with E-state index in [1.54, 1.807) is 0 Å². The Morgan fingerprint density at radius 2 is 0.618 bits per heavy atom. The normalized spacial score (nSPS) is 21.5. The highest BCUT2D eigenvalue weighted by Crippen LogP contribution is 2.40. The highest BCUT2D eigenvalue weighted by atomic mass is 32.2. The lowest BCUT2D eigenvalue weighted by Gasteiger charge is -2.17. The molecule has 32 heteroatoms. The fraction of sp³-hybridized carbons (Fsp3) is 0.786. The number of benzene rings is 1. The summed E-state index contributed by atoms with van der Waals surface area (Å²) in [6, 6.07) is 5.33. The van der Waals surface area contributed by atoms with E-state index in [1.807, 2.05) is 35.3 Å². The molecule has 6 aliphatic rings. The number of fused-ring (bicyclic) bond motifs is 3. The summed E-state index contributed by atoms with van der Waals surface area (Å²) in [6.07, 6.45) is 14.1. The Morgan fingerprint density at radius 1 is 0.333 bits per heavy atom. The first kappa shape index (κ1) is 84.0. The van der Waals surface area contributed by atoms with Crippen LogP contribution in [-0.4, -0.2) is 275 Å². The second-order valence-corrected chi connectivity index (χ2v) is 30.0. The SMILES string of the molecule is O=C(CCCCC1SCC2CC(=O)NC21)NCCCOCCOCCOCCCNC(=O)c1cc(C(=O)NCCCOCCOCCOCCCNC(=O)CCCCC2SCC3NC(=O)NC32)cc(C(=O)NCCCOCCOCCOCCCNC(=O)CCCCC2SCC3NC(=O)NC32)c1. The number of carbonyl (C=O) groups excluding carboxylic acids is 9. The minimum atomic E-state index is -0.452. The number of amides is 11. The van der Waals surface area contributed by atoms with Gasteiger partial charge >= 0.3 is 12.1 Å². The lowest BCUT2D eigenvalue weighted by molar-refractivity contribution is -0.122. The van der Waals surface area contributed by atoms with Crippen molar-refractivity contribution in [2.75, 3.05) is 175 Å². The monoisotopic (exact) mass is 1490 g/mol. The molecule has 0 saturated carbocycles. The Balaban J connectivity index is 0.676. The second-order valence-electron chi connectivity index (χ2n) is 26.2. The molecule has 0 spiro atoms. The highest BCUT2D eigenvalue weighted by Gasteiger charge is 2.45. The van der Waals surface area contributed by atoms with Crippen LogP contribution in [0.1, 0.15) is 153 Å². The van der Waals surface area contributed by atoms with E-state index in [-0.39, 0.29) is 96.2 Å². The number of urea groups is 2. The molecule has 6 heterocycles. The summed E-state index contributed by atoms with van der Waals surface area (Å²) in [4.78, 5) is 112. The molecule has 11 N–H and O–H groups in total. The van der Waals surface area contributed by atoms with Crippen LogP contribution in [0.3, 0.4) is 0 Å². The molecule has 102 heavy (non-hydrogen) atoms. The maximum Gasteiger partial charge on any atom is 0.315 e. The molecule has 7 rings (SSSR count). The molecule has 576 valence electrons. The maximum atomic E-state index is 13.5. The zero-order chi connectivity index (χ0) is 72.0. The number of rotatable bonds is 60. The van der Waals surface area contributed by atoms with Gasteiger partial charge in [0.05, 0.1) is 103 Å². The summed E-state index contributed by atoms with van der Waals surface area (Å²) in [5.74, 6) is 2.31. The number of nitrogens with one attached hydrogen (secondary N) is 11. The average Bonchev–Trinajstić information content (AvgIpc) is 1.61. The van der Waals surface area contributed by atoms with Crippen LogP contribution < -0.4 is 58.5 Å². The van der Waals surface area contributed by atoms with Crippen molar-refractivity contribution in [3.8, 4) is 0 Å². The third kappa shape index (κ3) is 33.9. The Bertz CT molecular complexity index is 2400. The first-order valence-corrected chi connectivity index (χ1v) is 40.3. The minimum Gasteiger partial charge on any atom is -0.379 e.